The van der Waals surface area contributed by atoms with Crippen LogP contribution in [-0.2, 0) is 4.74 Å². The molecule has 0 atom stereocenters. The molecule has 0 amide bonds. The number of allylic oxidation sites excluding steroid dienone is 3. The molecule has 0 aromatic heterocycles. The zero-order valence-corrected chi connectivity index (χ0v) is 17.7. The normalized spacial score (nSPS) is 30.2. The van der Waals surface area contributed by atoms with Gasteiger partial charge in [0.15, 0.2) is 0 Å². The summed E-state index contributed by atoms with van der Waals surface area (Å²) in [5.41, 5.74) is 1.54. The van der Waals surface area contributed by atoms with Crippen LogP contribution in [-0.4, -0.2) is 12.7 Å². The SMILES string of the molecule is C/C=C/C=C/COC1CCC(C2CCC(c3ccc(Br)cc3)CC2)CC1. The Bertz CT molecular complexity index is 573. The van der Waals surface area contributed by atoms with Gasteiger partial charge >= 0.3 is 0 Å². The van der Waals surface area contributed by atoms with E-state index in [1.165, 1.54) is 61.4 Å². The van der Waals surface area contributed by atoms with Crippen molar-refractivity contribution in [3.8, 4) is 0 Å². The summed E-state index contributed by atoms with van der Waals surface area (Å²) in [6, 6.07) is 9.00. The quantitative estimate of drug-likeness (QED) is 0.437. The fourth-order valence-corrected chi connectivity index (χ4v) is 5.09. The number of rotatable bonds is 6. The maximum Gasteiger partial charge on any atom is 0.0654 e. The van der Waals surface area contributed by atoms with Crippen LogP contribution in [0.5, 0.6) is 0 Å². The van der Waals surface area contributed by atoms with Gasteiger partial charge in [-0.25, -0.2) is 0 Å². The molecule has 2 aliphatic rings. The molecule has 2 aliphatic carbocycles. The molecule has 0 saturated heterocycles. The van der Waals surface area contributed by atoms with Crippen molar-refractivity contribution in [3.63, 3.8) is 0 Å². The third-order valence-electron chi connectivity index (χ3n) is 6.37. The lowest BCUT2D eigenvalue weighted by atomic mass is 9.69. The molecule has 26 heavy (non-hydrogen) atoms. The zero-order valence-electron chi connectivity index (χ0n) is 16.1. The maximum absolute atomic E-state index is 6.03. The van der Waals surface area contributed by atoms with Crippen molar-refractivity contribution < 1.29 is 4.74 Å². The molecule has 2 saturated carbocycles. The van der Waals surface area contributed by atoms with E-state index in [4.69, 9.17) is 4.74 Å². The molecule has 0 spiro atoms. The Morgan fingerprint density at radius 1 is 0.885 bits per heavy atom. The average Bonchev–Trinajstić information content (AvgIpc) is 2.69. The lowest BCUT2D eigenvalue weighted by Crippen LogP contribution is -2.28. The number of hydrogen-bond acceptors (Lipinski definition) is 1. The van der Waals surface area contributed by atoms with Crippen LogP contribution in [0.3, 0.4) is 0 Å². The predicted molar refractivity (Wildman–Crippen MR) is 114 cm³/mol. The van der Waals surface area contributed by atoms with Crippen LogP contribution in [0.4, 0.5) is 0 Å². The molecule has 2 heteroatoms. The summed E-state index contributed by atoms with van der Waals surface area (Å²) in [7, 11) is 0. The molecule has 0 N–H and O–H groups in total. The first-order valence-corrected chi connectivity index (χ1v) is 11.2. The van der Waals surface area contributed by atoms with Crippen LogP contribution in [0.25, 0.3) is 0 Å². The summed E-state index contributed by atoms with van der Waals surface area (Å²) < 4.78 is 7.21. The van der Waals surface area contributed by atoms with Gasteiger partial charge in [0.2, 0.25) is 0 Å². The third kappa shape index (κ3) is 5.82. The molecule has 3 rings (SSSR count). The van der Waals surface area contributed by atoms with Gasteiger partial charge in [0, 0.05) is 4.47 Å². The molecule has 1 aromatic carbocycles. The second kappa shape index (κ2) is 10.5. The Labute approximate surface area is 168 Å². The average molecular weight is 417 g/mol. The van der Waals surface area contributed by atoms with E-state index in [-0.39, 0.29) is 0 Å². The summed E-state index contributed by atoms with van der Waals surface area (Å²) in [5, 5.41) is 0. The first-order valence-electron chi connectivity index (χ1n) is 10.4. The fourth-order valence-electron chi connectivity index (χ4n) is 4.82. The number of hydrogen-bond donors (Lipinski definition) is 0. The Morgan fingerprint density at radius 3 is 2.12 bits per heavy atom. The summed E-state index contributed by atoms with van der Waals surface area (Å²) in [5.74, 6) is 2.68. The van der Waals surface area contributed by atoms with Crippen molar-refractivity contribution in [1.82, 2.24) is 0 Å². The van der Waals surface area contributed by atoms with Gasteiger partial charge < -0.3 is 4.74 Å². The van der Waals surface area contributed by atoms with Crippen molar-refractivity contribution in [2.75, 3.05) is 6.61 Å². The summed E-state index contributed by atoms with van der Waals surface area (Å²) in [4.78, 5) is 0. The van der Waals surface area contributed by atoms with Gasteiger partial charge in [-0.05, 0) is 93.7 Å². The topological polar surface area (TPSA) is 9.23 Å². The lowest BCUT2D eigenvalue weighted by molar-refractivity contribution is 0.0223. The zero-order chi connectivity index (χ0) is 18.2. The minimum atomic E-state index is 0.487. The van der Waals surface area contributed by atoms with Crippen LogP contribution >= 0.6 is 15.9 Å². The van der Waals surface area contributed by atoms with Gasteiger partial charge in [-0.15, -0.1) is 0 Å². The molecular weight excluding hydrogens is 384 g/mol. The van der Waals surface area contributed by atoms with Crippen molar-refractivity contribution >= 4 is 15.9 Å². The molecule has 2 fully saturated rings. The molecular formula is C24H33BrO. The maximum atomic E-state index is 6.03. The highest BCUT2D eigenvalue weighted by molar-refractivity contribution is 9.10. The smallest absolute Gasteiger partial charge is 0.0654 e. The van der Waals surface area contributed by atoms with Gasteiger partial charge in [0.1, 0.15) is 0 Å². The Balaban J connectivity index is 1.37. The Morgan fingerprint density at radius 2 is 1.50 bits per heavy atom. The Kier molecular flexibility index (Phi) is 8.01. The first-order chi connectivity index (χ1) is 12.8. The number of halogens is 1. The highest BCUT2D eigenvalue weighted by Gasteiger charge is 2.31. The molecule has 0 heterocycles. The molecule has 0 bridgehead atoms. The van der Waals surface area contributed by atoms with E-state index in [2.05, 4.69) is 58.4 Å². The number of benzene rings is 1. The Hall–Kier alpha value is -0.860. The second-order valence-corrected chi connectivity index (χ2v) is 8.90. The molecule has 142 valence electrons. The van der Waals surface area contributed by atoms with E-state index in [1.807, 2.05) is 13.0 Å². The molecule has 0 radical (unpaired) electrons. The highest BCUT2D eigenvalue weighted by atomic mass is 79.9. The molecule has 1 aromatic rings. The fraction of sp³-hybridized carbons (Fsp3) is 0.583. The number of ether oxygens (including phenoxy) is 1. The lowest BCUT2D eigenvalue weighted by Gasteiger charge is -2.38. The van der Waals surface area contributed by atoms with Gasteiger partial charge in [-0.2, -0.15) is 0 Å². The first kappa shape index (κ1) is 19.9. The highest BCUT2D eigenvalue weighted by Crippen LogP contribution is 2.43. The van der Waals surface area contributed by atoms with Crippen LogP contribution < -0.4 is 0 Å². The van der Waals surface area contributed by atoms with E-state index < -0.39 is 0 Å². The molecule has 0 aliphatic heterocycles. The van der Waals surface area contributed by atoms with Crippen LogP contribution in [0.2, 0.25) is 0 Å². The summed E-state index contributed by atoms with van der Waals surface area (Å²) in [6.45, 7) is 2.80. The van der Waals surface area contributed by atoms with Gasteiger partial charge in [0.05, 0.1) is 12.7 Å². The molecule has 0 unspecified atom stereocenters. The van der Waals surface area contributed by atoms with Crippen LogP contribution in [0.15, 0.2) is 53.0 Å². The minimum Gasteiger partial charge on any atom is -0.374 e. The van der Waals surface area contributed by atoms with Crippen molar-refractivity contribution in [2.24, 2.45) is 11.8 Å². The summed E-state index contributed by atoms with van der Waals surface area (Å²) >= 11 is 3.55. The van der Waals surface area contributed by atoms with Gasteiger partial charge in [-0.1, -0.05) is 52.4 Å². The van der Waals surface area contributed by atoms with Crippen molar-refractivity contribution in [2.45, 2.75) is 70.3 Å². The van der Waals surface area contributed by atoms with Crippen molar-refractivity contribution in [3.05, 3.63) is 58.6 Å². The molecule has 1 nitrogen and oxygen atoms in total. The van der Waals surface area contributed by atoms with E-state index in [0.717, 1.165) is 24.4 Å². The third-order valence-corrected chi connectivity index (χ3v) is 6.90. The monoisotopic (exact) mass is 416 g/mol. The van der Waals surface area contributed by atoms with E-state index in [1.54, 1.807) is 0 Å². The van der Waals surface area contributed by atoms with E-state index >= 15 is 0 Å². The van der Waals surface area contributed by atoms with Crippen LogP contribution in [0.1, 0.15) is 69.8 Å². The predicted octanol–water partition coefficient (Wildman–Crippen LogP) is 7.43. The van der Waals surface area contributed by atoms with Crippen molar-refractivity contribution in [1.29, 1.82) is 0 Å². The van der Waals surface area contributed by atoms with Gasteiger partial charge in [0.25, 0.3) is 0 Å². The standard InChI is InChI=1S/C24H33BrO/c1-2-3-4-5-18-26-24-16-12-22(13-17-24)20-8-6-19(7-9-20)21-10-14-23(25)15-11-21/h2-5,10-11,14-15,19-20,22,24H,6-9,12-13,16-18H2,1H3/b3-2+,5-4+. The van der Waals surface area contributed by atoms with Crippen LogP contribution in [0, 0.1) is 11.8 Å². The van der Waals surface area contributed by atoms with Gasteiger partial charge in [-0.3, -0.25) is 0 Å². The van der Waals surface area contributed by atoms with E-state index in [0.29, 0.717) is 6.10 Å². The minimum absolute atomic E-state index is 0.487. The largest absolute Gasteiger partial charge is 0.374 e. The second-order valence-electron chi connectivity index (χ2n) is 7.99. The van der Waals surface area contributed by atoms with E-state index in [9.17, 15) is 0 Å². The summed E-state index contributed by atoms with van der Waals surface area (Å²) in [6.07, 6.45) is 19.6.